The fourth-order valence-corrected chi connectivity index (χ4v) is 11.3. The van der Waals surface area contributed by atoms with Crippen molar-refractivity contribution in [1.82, 2.24) is 0 Å². The molecule has 40 heavy (non-hydrogen) atoms. The summed E-state index contributed by atoms with van der Waals surface area (Å²) in [6.07, 6.45) is 9.70. The van der Waals surface area contributed by atoms with E-state index in [9.17, 15) is 0 Å². The van der Waals surface area contributed by atoms with Gasteiger partial charge in [-0.15, -0.1) is 0 Å². The predicted octanol–water partition coefficient (Wildman–Crippen LogP) is 9.06. The highest BCUT2D eigenvalue weighted by Crippen LogP contribution is 2.83. The molecule has 0 heterocycles. The van der Waals surface area contributed by atoms with E-state index in [4.69, 9.17) is 0 Å². The average Bonchev–Trinajstić information content (AvgIpc) is 3.42. The van der Waals surface area contributed by atoms with Crippen LogP contribution in [0.3, 0.4) is 0 Å². The SMILES string of the molecule is CC1(C)[C@H]2CC[C@@]1(C)C(=O)[C@]2(CCCc1ccccc1)[C@]1(CCCc2ccccc2)C(=O)[C@]2(C)CC[C@H]1C2(C)C. The Morgan fingerprint density at radius 2 is 0.925 bits per heavy atom. The van der Waals surface area contributed by atoms with Crippen LogP contribution in [0.2, 0.25) is 0 Å². The lowest BCUT2D eigenvalue weighted by Gasteiger charge is -2.56. The fourth-order valence-electron chi connectivity index (χ4n) is 11.3. The number of carbonyl (C=O) groups is 2. The maximum Gasteiger partial charge on any atom is 0.146 e. The number of benzene rings is 2. The normalized spacial score (nSPS) is 38.9. The maximum atomic E-state index is 15.3. The van der Waals surface area contributed by atoms with Gasteiger partial charge in [-0.3, -0.25) is 9.59 Å². The Morgan fingerprint density at radius 1 is 0.575 bits per heavy atom. The zero-order valence-electron chi connectivity index (χ0n) is 25.8. The zero-order chi connectivity index (χ0) is 28.6. The Kier molecular flexibility index (Phi) is 6.38. The lowest BCUT2D eigenvalue weighted by Crippen LogP contribution is -2.60. The van der Waals surface area contributed by atoms with E-state index in [-0.39, 0.29) is 33.5 Å². The van der Waals surface area contributed by atoms with Gasteiger partial charge in [0.1, 0.15) is 11.6 Å². The molecular formula is C38H50O2. The molecule has 2 aromatic rings. The molecule has 0 spiro atoms. The van der Waals surface area contributed by atoms with E-state index in [1.54, 1.807) is 0 Å². The molecule has 2 nitrogen and oxygen atoms in total. The summed E-state index contributed by atoms with van der Waals surface area (Å²) in [6.45, 7) is 14.0. The number of rotatable bonds is 9. The first-order valence-corrected chi connectivity index (χ1v) is 16.1. The monoisotopic (exact) mass is 538 g/mol. The number of carbonyl (C=O) groups excluding carboxylic acids is 2. The zero-order valence-corrected chi connectivity index (χ0v) is 25.8. The molecule has 4 aliphatic rings. The summed E-state index contributed by atoms with van der Waals surface area (Å²) in [5.74, 6) is 1.45. The highest BCUT2D eigenvalue weighted by atomic mass is 16.1. The molecule has 4 saturated carbocycles. The molecule has 0 unspecified atom stereocenters. The van der Waals surface area contributed by atoms with Crippen molar-refractivity contribution in [2.24, 2.45) is 44.3 Å². The van der Waals surface area contributed by atoms with Crippen molar-refractivity contribution in [2.45, 2.75) is 106 Å². The van der Waals surface area contributed by atoms with E-state index in [0.717, 1.165) is 64.2 Å². The number of hydrogen-bond acceptors (Lipinski definition) is 2. The molecule has 4 fully saturated rings. The van der Waals surface area contributed by atoms with E-state index in [2.05, 4.69) is 102 Å². The summed E-state index contributed by atoms with van der Waals surface area (Å²) >= 11 is 0. The minimum Gasteiger partial charge on any atom is -0.298 e. The Bertz CT molecular complexity index is 1190. The van der Waals surface area contributed by atoms with Gasteiger partial charge in [0.05, 0.1) is 0 Å². The van der Waals surface area contributed by atoms with Gasteiger partial charge in [0.15, 0.2) is 0 Å². The third-order valence-electron chi connectivity index (χ3n) is 14.0. The number of ketones is 2. The van der Waals surface area contributed by atoms with Crippen LogP contribution in [0.15, 0.2) is 60.7 Å². The molecule has 6 atom stereocenters. The molecule has 0 radical (unpaired) electrons. The molecule has 0 aromatic heterocycles. The Labute approximate surface area is 242 Å². The second-order valence-electron chi connectivity index (χ2n) is 15.6. The highest BCUT2D eigenvalue weighted by molar-refractivity contribution is 6.05. The smallest absolute Gasteiger partial charge is 0.146 e. The molecule has 4 aliphatic carbocycles. The van der Waals surface area contributed by atoms with Crippen molar-refractivity contribution < 1.29 is 9.59 Å². The van der Waals surface area contributed by atoms with Crippen LogP contribution in [-0.2, 0) is 22.4 Å². The first-order chi connectivity index (χ1) is 18.9. The van der Waals surface area contributed by atoms with Gasteiger partial charge in [-0.05, 0) is 98.0 Å². The van der Waals surface area contributed by atoms with E-state index in [0.29, 0.717) is 11.6 Å². The maximum absolute atomic E-state index is 15.3. The van der Waals surface area contributed by atoms with Gasteiger partial charge in [0, 0.05) is 21.7 Å². The fraction of sp³-hybridized carbons (Fsp3) is 0.632. The summed E-state index contributed by atoms with van der Waals surface area (Å²) < 4.78 is 0. The Morgan fingerprint density at radius 3 is 1.23 bits per heavy atom. The molecular weight excluding hydrogens is 488 g/mol. The van der Waals surface area contributed by atoms with Crippen molar-refractivity contribution in [1.29, 1.82) is 0 Å². The van der Waals surface area contributed by atoms with Crippen LogP contribution < -0.4 is 0 Å². The highest BCUT2D eigenvalue weighted by Gasteiger charge is 2.85. The second kappa shape index (κ2) is 9.14. The van der Waals surface area contributed by atoms with Crippen molar-refractivity contribution >= 4 is 11.6 Å². The first-order valence-electron chi connectivity index (χ1n) is 16.1. The summed E-state index contributed by atoms with van der Waals surface area (Å²) in [4.78, 5) is 30.6. The van der Waals surface area contributed by atoms with E-state index in [1.807, 2.05) is 0 Å². The van der Waals surface area contributed by atoms with Crippen molar-refractivity contribution in [2.75, 3.05) is 0 Å². The van der Waals surface area contributed by atoms with Crippen LogP contribution in [0, 0.1) is 44.3 Å². The molecule has 0 N–H and O–H groups in total. The van der Waals surface area contributed by atoms with Gasteiger partial charge in [-0.2, -0.15) is 0 Å². The van der Waals surface area contributed by atoms with E-state index >= 15 is 9.59 Å². The predicted molar refractivity (Wildman–Crippen MR) is 163 cm³/mol. The molecule has 0 aliphatic heterocycles. The van der Waals surface area contributed by atoms with E-state index < -0.39 is 10.8 Å². The van der Waals surface area contributed by atoms with Crippen LogP contribution in [0.4, 0.5) is 0 Å². The third kappa shape index (κ3) is 3.29. The second-order valence-corrected chi connectivity index (χ2v) is 15.6. The number of fused-ring (bicyclic) bond motifs is 4. The van der Waals surface area contributed by atoms with Gasteiger partial charge < -0.3 is 0 Å². The van der Waals surface area contributed by atoms with Crippen molar-refractivity contribution in [3.63, 3.8) is 0 Å². The number of aryl methyl sites for hydroxylation is 2. The lowest BCUT2D eigenvalue weighted by molar-refractivity contribution is -0.167. The molecule has 6 rings (SSSR count). The van der Waals surface area contributed by atoms with Crippen molar-refractivity contribution in [3.8, 4) is 0 Å². The summed E-state index contributed by atoms with van der Waals surface area (Å²) in [6, 6.07) is 21.5. The van der Waals surface area contributed by atoms with Gasteiger partial charge in [-0.1, -0.05) is 102 Å². The quantitative estimate of drug-likeness (QED) is 0.319. The summed E-state index contributed by atoms with van der Waals surface area (Å²) in [5.41, 5.74) is 0.686. The van der Waals surface area contributed by atoms with Crippen LogP contribution in [0.25, 0.3) is 0 Å². The van der Waals surface area contributed by atoms with E-state index in [1.165, 1.54) is 11.1 Å². The number of hydrogen-bond donors (Lipinski definition) is 0. The molecule has 4 bridgehead atoms. The Balaban J connectivity index is 1.48. The standard InChI is InChI=1S/C38H50O2/c1-33(2)29-21-25-35(33,5)31(39)37(29,23-13-19-27-15-9-7-10-16-27)38(24-14-20-28-17-11-8-12-18-28)30-22-26-36(6,32(38)40)34(30,3)4/h7-12,15-18,29-30H,13-14,19-26H2,1-6H3/t29-,30+,35-,36-,37-,38+/m0/s1. The summed E-state index contributed by atoms with van der Waals surface area (Å²) in [7, 11) is 0. The topological polar surface area (TPSA) is 34.1 Å². The van der Waals surface area contributed by atoms with Gasteiger partial charge >= 0.3 is 0 Å². The van der Waals surface area contributed by atoms with Crippen molar-refractivity contribution in [3.05, 3.63) is 71.8 Å². The molecule has 2 heteroatoms. The largest absolute Gasteiger partial charge is 0.298 e. The van der Waals surface area contributed by atoms with Crippen LogP contribution in [-0.4, -0.2) is 11.6 Å². The minimum atomic E-state index is -0.563. The van der Waals surface area contributed by atoms with Gasteiger partial charge in [0.2, 0.25) is 0 Å². The molecule has 0 amide bonds. The molecule has 0 saturated heterocycles. The minimum absolute atomic E-state index is 0.0869. The van der Waals surface area contributed by atoms with Crippen LogP contribution in [0.5, 0.6) is 0 Å². The Hall–Kier alpha value is -2.22. The number of Topliss-reactive ketones (excluding diaryl/α,β-unsaturated/α-hetero) is 2. The molecule has 2 aromatic carbocycles. The van der Waals surface area contributed by atoms with Crippen LogP contribution in [0.1, 0.15) is 104 Å². The summed E-state index contributed by atoms with van der Waals surface area (Å²) in [5, 5.41) is 0. The molecule has 214 valence electrons. The lowest BCUT2D eigenvalue weighted by atomic mass is 9.45. The van der Waals surface area contributed by atoms with Crippen LogP contribution >= 0.6 is 0 Å². The third-order valence-corrected chi connectivity index (χ3v) is 14.0. The van der Waals surface area contributed by atoms with Gasteiger partial charge in [0.25, 0.3) is 0 Å². The van der Waals surface area contributed by atoms with Gasteiger partial charge in [-0.25, -0.2) is 0 Å². The first kappa shape index (κ1) is 27.9. The average molecular weight is 539 g/mol.